The molecule has 3 aromatic rings. The van der Waals surface area contributed by atoms with Gasteiger partial charge in [-0.15, -0.1) is 11.3 Å². The Morgan fingerprint density at radius 2 is 1.93 bits per heavy atom. The number of benzene rings is 1. The highest BCUT2D eigenvalue weighted by atomic mass is 79.9. The van der Waals surface area contributed by atoms with Crippen LogP contribution in [0.3, 0.4) is 0 Å². The number of sulfonamides is 1. The van der Waals surface area contributed by atoms with Crippen LogP contribution < -0.4 is 0 Å². The molecule has 0 atom stereocenters. The Balaban J connectivity index is 1.48. The van der Waals surface area contributed by atoms with E-state index in [0.29, 0.717) is 36.9 Å². The molecule has 1 aliphatic heterocycles. The van der Waals surface area contributed by atoms with Gasteiger partial charge in [0.05, 0.1) is 9.30 Å². The molecule has 0 amide bonds. The second-order valence-electron chi connectivity index (χ2n) is 6.38. The molecule has 0 spiro atoms. The lowest BCUT2D eigenvalue weighted by Crippen LogP contribution is -2.48. The number of pyridine rings is 1. The maximum Gasteiger partial charge on any atom is 0.252 e. The molecule has 142 valence electrons. The number of nitrogens with zero attached hydrogens (tertiary/aromatic N) is 3. The van der Waals surface area contributed by atoms with Crippen molar-refractivity contribution < 1.29 is 12.8 Å². The molecule has 1 aliphatic rings. The molecule has 0 bridgehead atoms. The number of hydrogen-bond donors (Lipinski definition) is 0. The average molecular weight is 470 g/mol. The molecule has 0 aliphatic carbocycles. The minimum Gasteiger partial charge on any atom is -0.296 e. The van der Waals surface area contributed by atoms with Crippen LogP contribution in [-0.2, 0) is 16.6 Å². The second-order valence-corrected chi connectivity index (χ2v) is 11.0. The van der Waals surface area contributed by atoms with E-state index < -0.39 is 10.0 Å². The number of piperazine rings is 1. The third-order valence-electron chi connectivity index (χ3n) is 4.62. The molecular weight excluding hydrogens is 453 g/mol. The van der Waals surface area contributed by atoms with Crippen molar-refractivity contribution in [3.63, 3.8) is 0 Å². The molecule has 3 heterocycles. The van der Waals surface area contributed by atoms with Gasteiger partial charge in [-0.25, -0.2) is 12.8 Å². The van der Waals surface area contributed by atoms with Gasteiger partial charge in [-0.2, -0.15) is 4.31 Å². The van der Waals surface area contributed by atoms with Crippen molar-refractivity contribution in [2.24, 2.45) is 0 Å². The molecule has 27 heavy (non-hydrogen) atoms. The number of rotatable bonds is 4. The molecule has 5 nitrogen and oxygen atoms in total. The largest absolute Gasteiger partial charge is 0.296 e. The summed E-state index contributed by atoms with van der Waals surface area (Å²) in [4.78, 5) is 6.52. The number of aromatic nitrogens is 1. The van der Waals surface area contributed by atoms with Gasteiger partial charge in [0.2, 0.25) is 0 Å². The lowest BCUT2D eigenvalue weighted by atomic mass is 10.1. The average Bonchev–Trinajstić information content (AvgIpc) is 3.09. The normalized spacial score (nSPS) is 16.8. The third kappa shape index (κ3) is 3.93. The summed E-state index contributed by atoms with van der Waals surface area (Å²) in [5, 5.41) is 0.775. The number of hydrogen-bond acceptors (Lipinski definition) is 5. The molecule has 9 heteroatoms. The fourth-order valence-electron chi connectivity index (χ4n) is 3.28. The highest BCUT2D eigenvalue weighted by molar-refractivity contribution is 9.11. The molecule has 4 rings (SSSR count). The van der Waals surface area contributed by atoms with Crippen LogP contribution >= 0.6 is 27.3 Å². The maximum absolute atomic E-state index is 13.9. The van der Waals surface area contributed by atoms with E-state index in [1.165, 1.54) is 27.8 Å². The predicted molar refractivity (Wildman–Crippen MR) is 108 cm³/mol. The summed E-state index contributed by atoms with van der Waals surface area (Å²) in [6.45, 7) is 2.56. The summed E-state index contributed by atoms with van der Waals surface area (Å²) in [5.41, 5.74) is 1.61. The Bertz CT molecular complexity index is 1080. The zero-order chi connectivity index (χ0) is 19.0. The van der Waals surface area contributed by atoms with E-state index in [1.807, 2.05) is 6.07 Å². The van der Waals surface area contributed by atoms with Gasteiger partial charge in [-0.3, -0.25) is 9.88 Å². The van der Waals surface area contributed by atoms with E-state index in [2.05, 4.69) is 25.8 Å². The zero-order valence-electron chi connectivity index (χ0n) is 14.3. The molecule has 1 fully saturated rings. The fourth-order valence-corrected chi connectivity index (χ4v) is 6.87. The highest BCUT2D eigenvalue weighted by Crippen LogP contribution is 2.29. The Hall–Kier alpha value is -1.39. The van der Waals surface area contributed by atoms with E-state index in [1.54, 1.807) is 24.4 Å². The zero-order valence-corrected chi connectivity index (χ0v) is 17.5. The van der Waals surface area contributed by atoms with Gasteiger partial charge in [0.25, 0.3) is 10.0 Å². The van der Waals surface area contributed by atoms with Gasteiger partial charge < -0.3 is 0 Å². The van der Waals surface area contributed by atoms with Crippen LogP contribution in [0.15, 0.2) is 50.6 Å². The SMILES string of the molecule is O=S(=O)(c1ccc(Br)s1)N1CCN(Cc2cc(F)cc3cccnc23)CC1. The Morgan fingerprint density at radius 3 is 2.63 bits per heavy atom. The lowest BCUT2D eigenvalue weighted by Gasteiger charge is -2.33. The van der Waals surface area contributed by atoms with Crippen molar-refractivity contribution in [2.45, 2.75) is 10.8 Å². The van der Waals surface area contributed by atoms with Crippen LogP contribution in [0.4, 0.5) is 4.39 Å². The van der Waals surface area contributed by atoms with Crippen molar-refractivity contribution in [1.29, 1.82) is 0 Å². The quantitative estimate of drug-likeness (QED) is 0.584. The molecule has 0 unspecified atom stereocenters. The van der Waals surface area contributed by atoms with Gasteiger partial charge in [-0.1, -0.05) is 6.07 Å². The van der Waals surface area contributed by atoms with E-state index >= 15 is 0 Å². The molecular formula is C18H17BrFN3O2S2. The summed E-state index contributed by atoms with van der Waals surface area (Å²) in [6, 6.07) is 10.0. The lowest BCUT2D eigenvalue weighted by molar-refractivity contribution is 0.182. The van der Waals surface area contributed by atoms with Crippen LogP contribution in [0, 0.1) is 5.82 Å². The molecule has 0 N–H and O–H groups in total. The Morgan fingerprint density at radius 1 is 1.15 bits per heavy atom. The monoisotopic (exact) mass is 469 g/mol. The molecule has 0 saturated carbocycles. The number of fused-ring (bicyclic) bond motifs is 1. The van der Waals surface area contributed by atoms with Crippen LogP contribution in [-0.4, -0.2) is 48.8 Å². The van der Waals surface area contributed by atoms with E-state index in [-0.39, 0.29) is 5.82 Å². The van der Waals surface area contributed by atoms with Crippen molar-refractivity contribution in [3.05, 3.63) is 57.8 Å². The first-order valence-corrected chi connectivity index (χ1v) is 11.5. The van der Waals surface area contributed by atoms with Gasteiger partial charge in [-0.05, 0) is 51.8 Å². The van der Waals surface area contributed by atoms with E-state index in [4.69, 9.17) is 0 Å². The van der Waals surface area contributed by atoms with Gasteiger partial charge in [0.1, 0.15) is 10.0 Å². The van der Waals surface area contributed by atoms with E-state index in [9.17, 15) is 12.8 Å². The first-order chi connectivity index (χ1) is 12.9. The topological polar surface area (TPSA) is 53.5 Å². The molecule has 0 radical (unpaired) electrons. The molecule has 1 aromatic carbocycles. The first-order valence-electron chi connectivity index (χ1n) is 8.44. The fraction of sp³-hybridized carbons (Fsp3) is 0.278. The minimum atomic E-state index is -3.46. The highest BCUT2D eigenvalue weighted by Gasteiger charge is 2.29. The second kappa shape index (κ2) is 7.56. The number of thiophene rings is 1. The van der Waals surface area contributed by atoms with Crippen LogP contribution in [0.1, 0.15) is 5.56 Å². The summed E-state index contributed by atoms with van der Waals surface area (Å²) >= 11 is 4.53. The predicted octanol–water partition coefficient (Wildman–Crippen LogP) is 3.70. The van der Waals surface area contributed by atoms with Crippen LogP contribution in [0.25, 0.3) is 10.9 Å². The summed E-state index contributed by atoms with van der Waals surface area (Å²) < 4.78 is 42.0. The Kier molecular flexibility index (Phi) is 5.30. The van der Waals surface area contributed by atoms with Crippen molar-refractivity contribution in [2.75, 3.05) is 26.2 Å². The first kappa shape index (κ1) is 18.9. The Labute approximate surface area is 169 Å². The number of halogens is 2. The van der Waals surface area contributed by atoms with Crippen molar-refractivity contribution in [3.8, 4) is 0 Å². The summed E-state index contributed by atoms with van der Waals surface area (Å²) in [5.74, 6) is -0.282. The summed E-state index contributed by atoms with van der Waals surface area (Å²) in [7, 11) is -3.46. The van der Waals surface area contributed by atoms with E-state index in [0.717, 1.165) is 20.3 Å². The van der Waals surface area contributed by atoms with Gasteiger partial charge >= 0.3 is 0 Å². The van der Waals surface area contributed by atoms with Gasteiger partial charge in [0.15, 0.2) is 0 Å². The minimum absolute atomic E-state index is 0.282. The summed E-state index contributed by atoms with van der Waals surface area (Å²) in [6.07, 6.45) is 1.70. The smallest absolute Gasteiger partial charge is 0.252 e. The maximum atomic E-state index is 13.9. The molecule has 2 aromatic heterocycles. The van der Waals surface area contributed by atoms with Crippen LogP contribution in [0.2, 0.25) is 0 Å². The standard InChI is InChI=1S/C18H17BrFN3O2S2/c19-16-3-4-17(26-16)27(24,25)23-8-6-22(7-9-23)12-14-11-15(20)10-13-2-1-5-21-18(13)14/h1-5,10-11H,6-9,12H2. The van der Waals surface area contributed by atoms with Gasteiger partial charge in [0, 0.05) is 44.3 Å². The van der Waals surface area contributed by atoms with Crippen molar-refractivity contribution in [1.82, 2.24) is 14.2 Å². The molecule has 1 saturated heterocycles. The third-order valence-corrected chi connectivity index (χ3v) is 8.61. The van der Waals surface area contributed by atoms with Crippen molar-refractivity contribution >= 4 is 48.2 Å². The van der Waals surface area contributed by atoms with Crippen LogP contribution in [0.5, 0.6) is 0 Å².